The molecule has 0 aliphatic carbocycles. The molecule has 2 aromatic heterocycles. The van der Waals surface area contributed by atoms with Crippen LogP contribution in [-0.2, 0) is 0 Å². The van der Waals surface area contributed by atoms with E-state index in [1.54, 1.807) is 0 Å². The van der Waals surface area contributed by atoms with Crippen LogP contribution in [-0.4, -0.2) is 0 Å². The van der Waals surface area contributed by atoms with Gasteiger partial charge in [-0.25, -0.2) is 0 Å². The summed E-state index contributed by atoms with van der Waals surface area (Å²) < 4.78 is 2.32. The zero-order valence-electron chi connectivity index (χ0n) is 10.6. The number of pyridine rings is 2. The Balaban J connectivity index is 2.77. The first kappa shape index (κ1) is 11.1. The number of aromatic nitrogens is 1. The number of hydrogen-bond donors (Lipinski definition) is 0. The van der Waals surface area contributed by atoms with Crippen molar-refractivity contribution >= 4 is 5.52 Å². The Labute approximate surface area is 97.7 Å². The molecule has 0 unspecified atom stereocenters. The highest BCUT2D eigenvalue weighted by Crippen LogP contribution is 2.20. The fourth-order valence-corrected chi connectivity index (χ4v) is 2.20. The summed E-state index contributed by atoms with van der Waals surface area (Å²) in [5, 5.41) is 0. The van der Waals surface area contributed by atoms with Gasteiger partial charge in [0.25, 0.3) is 0 Å². The zero-order chi connectivity index (χ0) is 11.7. The Morgan fingerprint density at radius 1 is 0.875 bits per heavy atom. The molecule has 0 saturated heterocycles. The normalized spacial score (nSPS) is 11.6. The Morgan fingerprint density at radius 2 is 1.62 bits per heavy atom. The van der Waals surface area contributed by atoms with E-state index in [2.05, 4.69) is 68.6 Å². The minimum absolute atomic E-state index is 0.552. The van der Waals surface area contributed by atoms with Crippen molar-refractivity contribution in [3.05, 3.63) is 47.8 Å². The Morgan fingerprint density at radius 3 is 2.25 bits per heavy atom. The summed E-state index contributed by atoms with van der Waals surface area (Å²) in [4.78, 5) is 0. The van der Waals surface area contributed by atoms with Gasteiger partial charge in [0.2, 0.25) is 5.52 Å². The number of nitrogens with zero attached hydrogens (tertiary/aromatic N) is 1. The molecule has 84 valence electrons. The van der Waals surface area contributed by atoms with E-state index >= 15 is 0 Å². The highest BCUT2D eigenvalue weighted by atomic mass is 14.9. The lowest BCUT2D eigenvalue weighted by molar-refractivity contribution is -0.523. The minimum Gasteiger partial charge on any atom is -0.164 e. The van der Waals surface area contributed by atoms with Crippen molar-refractivity contribution in [2.75, 3.05) is 0 Å². The number of fused-ring (bicyclic) bond motifs is 1. The molecule has 0 aliphatic heterocycles. The van der Waals surface area contributed by atoms with Gasteiger partial charge < -0.3 is 0 Å². The summed E-state index contributed by atoms with van der Waals surface area (Å²) in [6.07, 6.45) is 2.16. The fourth-order valence-electron chi connectivity index (χ4n) is 2.20. The van der Waals surface area contributed by atoms with Gasteiger partial charge in [0.1, 0.15) is 0 Å². The predicted molar refractivity (Wildman–Crippen MR) is 67.8 cm³/mol. The average molecular weight is 214 g/mol. The first-order valence-corrected chi connectivity index (χ1v) is 6.04. The molecule has 2 heterocycles. The summed E-state index contributed by atoms with van der Waals surface area (Å²) >= 11 is 0. The van der Waals surface area contributed by atoms with Gasteiger partial charge in [0.05, 0.1) is 0 Å². The quantitative estimate of drug-likeness (QED) is 0.672. The molecule has 16 heavy (non-hydrogen) atoms. The van der Waals surface area contributed by atoms with Crippen LogP contribution in [0.25, 0.3) is 5.52 Å². The van der Waals surface area contributed by atoms with Crippen molar-refractivity contribution in [3.63, 3.8) is 0 Å². The van der Waals surface area contributed by atoms with Crippen molar-refractivity contribution in [3.8, 4) is 0 Å². The van der Waals surface area contributed by atoms with Crippen LogP contribution in [0.3, 0.4) is 0 Å². The van der Waals surface area contributed by atoms with Crippen LogP contribution in [0.1, 0.15) is 50.8 Å². The Bertz CT molecular complexity index is 451. The van der Waals surface area contributed by atoms with E-state index in [1.165, 1.54) is 16.8 Å². The maximum absolute atomic E-state index is 2.32. The van der Waals surface area contributed by atoms with E-state index in [0.717, 1.165) is 0 Å². The van der Waals surface area contributed by atoms with Crippen molar-refractivity contribution in [2.24, 2.45) is 0 Å². The van der Waals surface area contributed by atoms with Crippen LogP contribution in [0.15, 0.2) is 36.5 Å². The molecule has 0 fully saturated rings. The molecule has 0 atom stereocenters. The third-order valence-corrected chi connectivity index (χ3v) is 3.08. The molecule has 0 N–H and O–H groups in total. The van der Waals surface area contributed by atoms with Gasteiger partial charge in [0.15, 0.2) is 11.9 Å². The summed E-state index contributed by atoms with van der Waals surface area (Å²) in [5.41, 5.74) is 4.13. The zero-order valence-corrected chi connectivity index (χ0v) is 10.6. The summed E-state index contributed by atoms with van der Waals surface area (Å²) in [5.74, 6) is 1.12. The van der Waals surface area contributed by atoms with Gasteiger partial charge in [0, 0.05) is 29.7 Å². The van der Waals surface area contributed by atoms with Crippen LogP contribution < -0.4 is 4.40 Å². The summed E-state index contributed by atoms with van der Waals surface area (Å²) in [6, 6.07) is 11.0. The lowest BCUT2D eigenvalue weighted by Gasteiger charge is -2.09. The van der Waals surface area contributed by atoms with Gasteiger partial charge >= 0.3 is 0 Å². The Kier molecular flexibility index (Phi) is 2.95. The first-order valence-electron chi connectivity index (χ1n) is 6.04. The molecule has 1 heteroatoms. The topological polar surface area (TPSA) is 4.10 Å². The van der Waals surface area contributed by atoms with E-state index in [9.17, 15) is 0 Å². The van der Waals surface area contributed by atoms with Crippen LogP contribution in [0.2, 0.25) is 0 Å². The second-order valence-electron chi connectivity index (χ2n) is 4.98. The smallest absolute Gasteiger partial charge is 0.164 e. The standard InChI is InChI=1S/C15H20N/c1-11(2)13-8-9-14(12(3)4)16-10-6-5-7-15(13)16/h5-12H,1-4H3/q+1. The average Bonchev–Trinajstić information content (AvgIpc) is 2.27. The molecular formula is C15H20N+. The number of hydrogen-bond acceptors (Lipinski definition) is 0. The largest absolute Gasteiger partial charge is 0.214 e. The van der Waals surface area contributed by atoms with Gasteiger partial charge in [-0.3, -0.25) is 0 Å². The van der Waals surface area contributed by atoms with Crippen LogP contribution >= 0.6 is 0 Å². The van der Waals surface area contributed by atoms with Gasteiger partial charge in [-0.05, 0) is 18.1 Å². The SMILES string of the molecule is CC(C)c1ccc(C(C)C)[n+]2ccccc12. The maximum Gasteiger partial charge on any atom is 0.214 e. The molecule has 0 saturated carbocycles. The molecule has 2 aromatic rings. The molecule has 0 aromatic carbocycles. The van der Waals surface area contributed by atoms with Crippen LogP contribution in [0.5, 0.6) is 0 Å². The highest BCUT2D eigenvalue weighted by molar-refractivity contribution is 5.49. The molecular weight excluding hydrogens is 194 g/mol. The second kappa shape index (κ2) is 4.25. The van der Waals surface area contributed by atoms with Crippen molar-refractivity contribution in [1.82, 2.24) is 0 Å². The number of rotatable bonds is 2. The fraction of sp³-hybridized carbons (Fsp3) is 0.400. The van der Waals surface area contributed by atoms with E-state index in [0.29, 0.717) is 11.8 Å². The molecule has 0 radical (unpaired) electrons. The van der Waals surface area contributed by atoms with E-state index < -0.39 is 0 Å². The third kappa shape index (κ3) is 1.82. The van der Waals surface area contributed by atoms with Gasteiger partial charge in [-0.15, -0.1) is 0 Å². The summed E-state index contributed by atoms with van der Waals surface area (Å²) in [7, 11) is 0. The van der Waals surface area contributed by atoms with Crippen LogP contribution in [0.4, 0.5) is 0 Å². The van der Waals surface area contributed by atoms with Gasteiger partial charge in [-0.2, -0.15) is 4.40 Å². The minimum atomic E-state index is 0.552. The molecule has 0 bridgehead atoms. The maximum atomic E-state index is 2.32. The molecule has 0 spiro atoms. The molecule has 0 amide bonds. The van der Waals surface area contributed by atoms with E-state index in [1.807, 2.05) is 0 Å². The van der Waals surface area contributed by atoms with Crippen LogP contribution in [0, 0.1) is 0 Å². The monoisotopic (exact) mass is 214 g/mol. The van der Waals surface area contributed by atoms with Crippen molar-refractivity contribution in [2.45, 2.75) is 39.5 Å². The predicted octanol–water partition coefficient (Wildman–Crippen LogP) is 3.67. The van der Waals surface area contributed by atoms with Gasteiger partial charge in [-0.1, -0.05) is 27.7 Å². The Hall–Kier alpha value is -1.37. The van der Waals surface area contributed by atoms with E-state index in [-0.39, 0.29) is 0 Å². The first-order chi connectivity index (χ1) is 7.61. The molecule has 1 nitrogen and oxygen atoms in total. The second-order valence-corrected chi connectivity index (χ2v) is 4.98. The molecule has 2 rings (SSSR count). The lowest BCUT2D eigenvalue weighted by atomic mass is 9.99. The lowest BCUT2D eigenvalue weighted by Crippen LogP contribution is -2.29. The van der Waals surface area contributed by atoms with Crippen molar-refractivity contribution < 1.29 is 4.40 Å². The van der Waals surface area contributed by atoms with Crippen molar-refractivity contribution in [1.29, 1.82) is 0 Å². The molecule has 0 aliphatic rings. The highest BCUT2D eigenvalue weighted by Gasteiger charge is 2.17. The summed E-state index contributed by atoms with van der Waals surface area (Å²) in [6.45, 7) is 8.97. The van der Waals surface area contributed by atoms with E-state index in [4.69, 9.17) is 0 Å². The third-order valence-electron chi connectivity index (χ3n) is 3.08.